The average Bonchev–Trinajstić information content (AvgIpc) is 2.63. The van der Waals surface area contributed by atoms with E-state index in [-0.39, 0.29) is 0 Å². The number of halogens is 1. The van der Waals surface area contributed by atoms with Crippen LogP contribution in [-0.4, -0.2) is 9.55 Å². The van der Waals surface area contributed by atoms with Crippen molar-refractivity contribution in [2.75, 3.05) is 0 Å². The zero-order chi connectivity index (χ0) is 16.5. The van der Waals surface area contributed by atoms with Gasteiger partial charge >= 0.3 is 0 Å². The van der Waals surface area contributed by atoms with E-state index in [4.69, 9.17) is 28.8 Å². The predicted molar refractivity (Wildman–Crippen MR) is 101 cm³/mol. The van der Waals surface area contributed by atoms with Crippen molar-refractivity contribution in [3.63, 3.8) is 0 Å². The van der Waals surface area contributed by atoms with Gasteiger partial charge in [0.1, 0.15) is 10.5 Å². The van der Waals surface area contributed by atoms with E-state index in [1.807, 2.05) is 30.3 Å². The van der Waals surface area contributed by atoms with Crippen LogP contribution in [0, 0.1) is 4.64 Å². The zero-order valence-corrected chi connectivity index (χ0v) is 14.8. The molecule has 0 spiro atoms. The minimum atomic E-state index is 0.694. The first-order chi connectivity index (χ1) is 11.8. The van der Waals surface area contributed by atoms with Crippen LogP contribution in [0.5, 0.6) is 0 Å². The van der Waals surface area contributed by atoms with Crippen molar-refractivity contribution < 1.29 is 0 Å². The molecule has 1 aliphatic rings. The van der Waals surface area contributed by atoms with E-state index in [0.29, 0.717) is 9.66 Å². The fraction of sp³-hybridized carbons (Fsp3) is 0.200. The maximum atomic E-state index is 6.47. The third kappa shape index (κ3) is 2.68. The number of para-hydroxylation sites is 1. The molecule has 1 aromatic heterocycles. The highest BCUT2D eigenvalue weighted by molar-refractivity contribution is 7.71. The standard InChI is InChI=1S/C20H17ClN2S/c21-17-12-6-4-10-15(17)19-22-20(24)16-11-5-7-13-18(16)23(19)14-8-2-1-3-9-14/h1-4,6,8-10,12H,5,7,11,13H2. The molecule has 0 radical (unpaired) electrons. The van der Waals surface area contributed by atoms with Gasteiger partial charge < -0.3 is 0 Å². The molecule has 2 nitrogen and oxygen atoms in total. The third-order valence-electron chi connectivity index (χ3n) is 4.52. The van der Waals surface area contributed by atoms with E-state index in [9.17, 15) is 0 Å². The van der Waals surface area contributed by atoms with Crippen LogP contribution in [0.2, 0.25) is 5.02 Å². The van der Waals surface area contributed by atoms with Gasteiger partial charge in [-0.2, -0.15) is 0 Å². The van der Waals surface area contributed by atoms with Gasteiger partial charge in [-0.25, -0.2) is 4.98 Å². The molecule has 0 fully saturated rings. The largest absolute Gasteiger partial charge is 0.298 e. The van der Waals surface area contributed by atoms with Crippen molar-refractivity contribution >= 4 is 23.8 Å². The summed E-state index contributed by atoms with van der Waals surface area (Å²) in [6, 6.07) is 18.2. The Morgan fingerprint density at radius 1 is 0.917 bits per heavy atom. The second kappa shape index (κ2) is 6.50. The summed E-state index contributed by atoms with van der Waals surface area (Å²) in [6.07, 6.45) is 4.39. The molecule has 0 N–H and O–H groups in total. The highest BCUT2D eigenvalue weighted by atomic mass is 35.5. The fourth-order valence-electron chi connectivity index (χ4n) is 3.39. The number of fused-ring (bicyclic) bond motifs is 1. The highest BCUT2D eigenvalue weighted by Crippen LogP contribution is 2.33. The lowest BCUT2D eigenvalue weighted by Crippen LogP contribution is -2.17. The molecule has 4 rings (SSSR count). The SMILES string of the molecule is S=c1nc(-c2ccccc2Cl)n(-c2ccccc2)c2c1CCCC2. The van der Waals surface area contributed by atoms with E-state index in [2.05, 4.69) is 28.8 Å². The van der Waals surface area contributed by atoms with Gasteiger partial charge in [0.05, 0.1) is 5.02 Å². The molecule has 0 amide bonds. The molecule has 3 aromatic rings. The van der Waals surface area contributed by atoms with Crippen LogP contribution < -0.4 is 0 Å². The summed E-state index contributed by atoms with van der Waals surface area (Å²) in [4.78, 5) is 4.79. The lowest BCUT2D eigenvalue weighted by molar-refractivity contribution is 0.642. The quantitative estimate of drug-likeness (QED) is 0.542. The molecule has 1 heterocycles. The number of nitrogens with zero attached hydrogens (tertiary/aromatic N) is 2. The van der Waals surface area contributed by atoms with Crippen molar-refractivity contribution in [1.29, 1.82) is 0 Å². The third-order valence-corrected chi connectivity index (χ3v) is 5.18. The lowest BCUT2D eigenvalue weighted by atomic mass is 9.96. The van der Waals surface area contributed by atoms with Crippen molar-refractivity contribution in [1.82, 2.24) is 9.55 Å². The minimum absolute atomic E-state index is 0.694. The Labute approximate surface area is 151 Å². The smallest absolute Gasteiger partial charge is 0.147 e. The highest BCUT2D eigenvalue weighted by Gasteiger charge is 2.21. The Hall–Kier alpha value is -1.97. The topological polar surface area (TPSA) is 17.8 Å². The Kier molecular flexibility index (Phi) is 4.21. The maximum Gasteiger partial charge on any atom is 0.147 e. The van der Waals surface area contributed by atoms with E-state index in [1.165, 1.54) is 24.1 Å². The normalized spacial score (nSPS) is 13.5. The fourth-order valence-corrected chi connectivity index (χ4v) is 3.91. The summed E-state index contributed by atoms with van der Waals surface area (Å²) >= 11 is 12.1. The Balaban J connectivity index is 2.08. The van der Waals surface area contributed by atoms with Gasteiger partial charge in [0.15, 0.2) is 0 Å². The number of hydrogen-bond acceptors (Lipinski definition) is 2. The molecular formula is C20H17ClN2S. The first-order valence-electron chi connectivity index (χ1n) is 8.21. The minimum Gasteiger partial charge on any atom is -0.298 e. The van der Waals surface area contributed by atoms with Gasteiger partial charge in [-0.3, -0.25) is 4.57 Å². The maximum absolute atomic E-state index is 6.47. The molecule has 0 saturated carbocycles. The monoisotopic (exact) mass is 352 g/mol. The van der Waals surface area contributed by atoms with E-state index >= 15 is 0 Å². The molecule has 4 heteroatoms. The summed E-state index contributed by atoms with van der Waals surface area (Å²) in [5.74, 6) is 0.831. The Bertz CT molecular complexity index is 948. The van der Waals surface area contributed by atoms with Crippen LogP contribution in [0.15, 0.2) is 54.6 Å². The van der Waals surface area contributed by atoms with Gasteiger partial charge in [0.25, 0.3) is 0 Å². The summed E-state index contributed by atoms with van der Waals surface area (Å²) in [7, 11) is 0. The van der Waals surface area contributed by atoms with Crippen LogP contribution >= 0.6 is 23.8 Å². The molecule has 2 aromatic carbocycles. The zero-order valence-electron chi connectivity index (χ0n) is 13.2. The van der Waals surface area contributed by atoms with Crippen LogP contribution in [0.3, 0.4) is 0 Å². The van der Waals surface area contributed by atoms with Crippen LogP contribution in [-0.2, 0) is 12.8 Å². The molecule has 0 unspecified atom stereocenters. The van der Waals surface area contributed by atoms with E-state index in [1.54, 1.807) is 0 Å². The second-order valence-corrected chi connectivity index (χ2v) is 6.82. The molecule has 0 atom stereocenters. The molecule has 0 bridgehead atoms. The predicted octanol–water partition coefficient (Wildman–Crippen LogP) is 5.80. The van der Waals surface area contributed by atoms with Crippen LogP contribution in [0.1, 0.15) is 24.1 Å². The van der Waals surface area contributed by atoms with Crippen molar-refractivity contribution in [3.05, 3.63) is 75.5 Å². The van der Waals surface area contributed by atoms with Gasteiger partial charge in [0, 0.05) is 22.5 Å². The second-order valence-electron chi connectivity index (χ2n) is 6.02. The molecule has 120 valence electrons. The summed E-state index contributed by atoms with van der Waals surface area (Å²) in [5.41, 5.74) is 4.52. The van der Waals surface area contributed by atoms with E-state index in [0.717, 1.165) is 29.9 Å². The van der Waals surface area contributed by atoms with Crippen molar-refractivity contribution in [2.24, 2.45) is 0 Å². The lowest BCUT2D eigenvalue weighted by Gasteiger charge is -2.24. The van der Waals surface area contributed by atoms with Crippen molar-refractivity contribution in [3.8, 4) is 17.1 Å². The molecule has 1 aliphatic carbocycles. The average molecular weight is 353 g/mol. The summed E-state index contributed by atoms with van der Waals surface area (Å²) in [5, 5.41) is 0.694. The van der Waals surface area contributed by atoms with Gasteiger partial charge in [-0.1, -0.05) is 54.2 Å². The Morgan fingerprint density at radius 3 is 2.42 bits per heavy atom. The molecule has 0 aliphatic heterocycles. The summed E-state index contributed by atoms with van der Waals surface area (Å²) < 4.78 is 2.96. The van der Waals surface area contributed by atoms with Gasteiger partial charge in [0.2, 0.25) is 0 Å². The van der Waals surface area contributed by atoms with Crippen molar-refractivity contribution in [2.45, 2.75) is 25.7 Å². The number of hydrogen-bond donors (Lipinski definition) is 0. The number of rotatable bonds is 2. The number of benzene rings is 2. The van der Waals surface area contributed by atoms with E-state index < -0.39 is 0 Å². The van der Waals surface area contributed by atoms with Gasteiger partial charge in [-0.05, 0) is 49.9 Å². The summed E-state index contributed by atoms with van der Waals surface area (Å²) in [6.45, 7) is 0. The molecular weight excluding hydrogens is 336 g/mol. The van der Waals surface area contributed by atoms with Crippen LogP contribution in [0.4, 0.5) is 0 Å². The first kappa shape index (κ1) is 15.6. The number of aromatic nitrogens is 2. The Morgan fingerprint density at radius 2 is 1.62 bits per heavy atom. The first-order valence-corrected chi connectivity index (χ1v) is 8.99. The van der Waals surface area contributed by atoms with Crippen LogP contribution in [0.25, 0.3) is 17.1 Å². The molecule has 24 heavy (non-hydrogen) atoms. The molecule has 0 saturated heterocycles. The van der Waals surface area contributed by atoms with Gasteiger partial charge in [-0.15, -0.1) is 0 Å².